The minimum Gasteiger partial charge on any atom is -0.497 e. The molecular formula is C18H23Cl2N3O2. The number of nitrogens with zero attached hydrogens (tertiary/aromatic N) is 1. The van der Waals surface area contributed by atoms with Crippen molar-refractivity contribution in [2.45, 2.75) is 18.9 Å². The molecular weight excluding hydrogens is 361 g/mol. The summed E-state index contributed by atoms with van der Waals surface area (Å²) in [7, 11) is 1.63. The Morgan fingerprint density at radius 3 is 2.48 bits per heavy atom. The molecule has 1 amide bonds. The van der Waals surface area contributed by atoms with E-state index in [4.69, 9.17) is 10.5 Å². The van der Waals surface area contributed by atoms with Gasteiger partial charge in [-0.15, -0.1) is 24.8 Å². The van der Waals surface area contributed by atoms with Crippen LogP contribution in [-0.2, 0) is 0 Å². The number of benzene rings is 1. The zero-order valence-electron chi connectivity index (χ0n) is 14.0. The number of nitrogens with one attached hydrogen (secondary N) is 1. The first-order chi connectivity index (χ1) is 11.2. The van der Waals surface area contributed by atoms with Crippen LogP contribution >= 0.6 is 24.8 Å². The van der Waals surface area contributed by atoms with Gasteiger partial charge in [0.2, 0.25) is 0 Å². The molecule has 0 spiro atoms. The van der Waals surface area contributed by atoms with Crippen LogP contribution < -0.4 is 15.8 Å². The van der Waals surface area contributed by atoms with Crippen molar-refractivity contribution in [3.05, 3.63) is 48.3 Å². The van der Waals surface area contributed by atoms with Crippen LogP contribution in [0.1, 0.15) is 23.2 Å². The molecule has 1 atom stereocenters. The number of nitrogens with two attached hydrogens (primary N) is 1. The van der Waals surface area contributed by atoms with E-state index < -0.39 is 0 Å². The molecule has 7 heteroatoms. The van der Waals surface area contributed by atoms with Crippen LogP contribution in [-0.4, -0.2) is 30.6 Å². The van der Waals surface area contributed by atoms with Crippen molar-refractivity contribution >= 4 is 30.7 Å². The second-order valence-electron chi connectivity index (χ2n) is 5.84. The maximum atomic E-state index is 12.4. The second-order valence-corrected chi connectivity index (χ2v) is 5.84. The van der Waals surface area contributed by atoms with Gasteiger partial charge in [-0.1, -0.05) is 12.1 Å². The van der Waals surface area contributed by atoms with Gasteiger partial charge in [0, 0.05) is 30.5 Å². The topological polar surface area (TPSA) is 77.2 Å². The fraction of sp³-hybridized carbons (Fsp3) is 0.333. The summed E-state index contributed by atoms with van der Waals surface area (Å²) in [5.41, 5.74) is 8.19. The molecule has 1 heterocycles. The quantitative estimate of drug-likeness (QED) is 0.803. The van der Waals surface area contributed by atoms with Gasteiger partial charge in [-0.2, -0.15) is 0 Å². The van der Waals surface area contributed by atoms with E-state index in [-0.39, 0.29) is 36.8 Å². The SMILES string of the molecule is COc1ccc(-c2cncc(C(=O)NC(CN)C3CC3)c2)cc1.Cl.Cl. The van der Waals surface area contributed by atoms with E-state index in [2.05, 4.69) is 10.3 Å². The maximum absolute atomic E-state index is 12.4. The first kappa shape index (κ1) is 21.2. The average Bonchev–Trinajstić information content (AvgIpc) is 3.44. The summed E-state index contributed by atoms with van der Waals surface area (Å²) in [6.07, 6.45) is 5.63. The molecule has 1 aliphatic carbocycles. The highest BCUT2D eigenvalue weighted by Gasteiger charge is 2.31. The van der Waals surface area contributed by atoms with E-state index in [0.717, 1.165) is 29.7 Å². The second kappa shape index (κ2) is 9.61. The number of ether oxygens (including phenoxy) is 1. The smallest absolute Gasteiger partial charge is 0.253 e. The predicted molar refractivity (Wildman–Crippen MR) is 104 cm³/mol. The Balaban J connectivity index is 0.00000156. The van der Waals surface area contributed by atoms with E-state index in [0.29, 0.717) is 18.0 Å². The summed E-state index contributed by atoms with van der Waals surface area (Å²) >= 11 is 0. The number of amides is 1. The van der Waals surface area contributed by atoms with Crippen LogP contribution in [0.3, 0.4) is 0 Å². The van der Waals surface area contributed by atoms with Gasteiger partial charge < -0.3 is 15.8 Å². The molecule has 0 radical (unpaired) electrons. The summed E-state index contributed by atoms with van der Waals surface area (Å²) in [6, 6.07) is 9.59. The van der Waals surface area contributed by atoms with E-state index in [1.165, 1.54) is 0 Å². The molecule has 1 aliphatic rings. The zero-order valence-corrected chi connectivity index (χ0v) is 15.6. The lowest BCUT2D eigenvalue weighted by molar-refractivity contribution is 0.0933. The van der Waals surface area contributed by atoms with E-state index in [9.17, 15) is 4.79 Å². The third-order valence-corrected chi connectivity index (χ3v) is 4.19. The third-order valence-electron chi connectivity index (χ3n) is 4.19. The molecule has 1 aromatic heterocycles. The standard InChI is InChI=1S/C18H21N3O2.2ClH/c1-23-16-6-4-12(5-7-16)14-8-15(11-20-10-14)18(22)21-17(9-19)13-2-3-13;;/h4-8,10-11,13,17H,2-3,9,19H2,1H3,(H,21,22);2*1H. The highest BCUT2D eigenvalue weighted by atomic mass is 35.5. The Morgan fingerprint density at radius 1 is 1.24 bits per heavy atom. The van der Waals surface area contributed by atoms with Crippen LogP contribution in [0, 0.1) is 5.92 Å². The molecule has 0 aliphatic heterocycles. The number of pyridine rings is 1. The van der Waals surface area contributed by atoms with Crippen molar-refractivity contribution in [1.82, 2.24) is 10.3 Å². The molecule has 2 aromatic rings. The number of halogens is 2. The lowest BCUT2D eigenvalue weighted by Crippen LogP contribution is -2.41. The van der Waals surface area contributed by atoms with Crippen LogP contribution in [0.4, 0.5) is 0 Å². The summed E-state index contributed by atoms with van der Waals surface area (Å²) in [6.45, 7) is 0.474. The van der Waals surface area contributed by atoms with Crippen molar-refractivity contribution in [2.75, 3.05) is 13.7 Å². The fourth-order valence-corrected chi connectivity index (χ4v) is 2.62. The van der Waals surface area contributed by atoms with Crippen molar-refractivity contribution < 1.29 is 9.53 Å². The lowest BCUT2D eigenvalue weighted by atomic mass is 10.1. The van der Waals surface area contributed by atoms with Crippen LogP contribution in [0.25, 0.3) is 11.1 Å². The molecule has 0 saturated heterocycles. The zero-order chi connectivity index (χ0) is 16.2. The normalized spacial score (nSPS) is 13.8. The number of hydrogen-bond acceptors (Lipinski definition) is 4. The number of rotatable bonds is 6. The van der Waals surface area contributed by atoms with Crippen molar-refractivity contribution in [2.24, 2.45) is 11.7 Å². The first-order valence-electron chi connectivity index (χ1n) is 7.81. The van der Waals surface area contributed by atoms with Crippen LogP contribution in [0.5, 0.6) is 5.75 Å². The number of carbonyl (C=O) groups is 1. The van der Waals surface area contributed by atoms with Crippen LogP contribution in [0.15, 0.2) is 42.7 Å². The summed E-state index contributed by atoms with van der Waals surface area (Å²) in [4.78, 5) is 16.6. The maximum Gasteiger partial charge on any atom is 0.253 e. The summed E-state index contributed by atoms with van der Waals surface area (Å²) in [5.74, 6) is 1.21. The highest BCUT2D eigenvalue weighted by molar-refractivity contribution is 5.95. The molecule has 136 valence electrons. The number of methoxy groups -OCH3 is 1. The number of hydrogen-bond donors (Lipinski definition) is 2. The Morgan fingerprint density at radius 2 is 1.92 bits per heavy atom. The van der Waals surface area contributed by atoms with Gasteiger partial charge in [-0.25, -0.2) is 0 Å². The van der Waals surface area contributed by atoms with E-state index in [1.807, 2.05) is 30.3 Å². The average molecular weight is 384 g/mol. The number of carbonyl (C=O) groups excluding carboxylic acids is 1. The molecule has 1 unspecified atom stereocenters. The van der Waals surface area contributed by atoms with Crippen molar-refractivity contribution in [3.63, 3.8) is 0 Å². The van der Waals surface area contributed by atoms with Crippen LogP contribution in [0.2, 0.25) is 0 Å². The largest absolute Gasteiger partial charge is 0.497 e. The fourth-order valence-electron chi connectivity index (χ4n) is 2.62. The highest BCUT2D eigenvalue weighted by Crippen LogP contribution is 2.32. The molecule has 0 bridgehead atoms. The predicted octanol–water partition coefficient (Wildman–Crippen LogP) is 3.07. The van der Waals surface area contributed by atoms with Gasteiger partial charge in [-0.05, 0) is 42.5 Å². The van der Waals surface area contributed by atoms with Crippen molar-refractivity contribution in [3.8, 4) is 16.9 Å². The number of aromatic nitrogens is 1. The lowest BCUT2D eigenvalue weighted by Gasteiger charge is -2.16. The Bertz CT molecular complexity index is 691. The monoisotopic (exact) mass is 383 g/mol. The molecule has 1 aromatic carbocycles. The Hall–Kier alpha value is -1.82. The Labute approximate surface area is 160 Å². The molecule has 1 saturated carbocycles. The van der Waals surface area contributed by atoms with Crippen molar-refractivity contribution in [1.29, 1.82) is 0 Å². The van der Waals surface area contributed by atoms with Gasteiger partial charge in [0.25, 0.3) is 5.91 Å². The molecule has 3 N–H and O–H groups in total. The summed E-state index contributed by atoms with van der Waals surface area (Å²) < 4.78 is 5.16. The molecule has 1 fully saturated rings. The van der Waals surface area contributed by atoms with Gasteiger partial charge in [0.05, 0.1) is 12.7 Å². The molecule has 25 heavy (non-hydrogen) atoms. The van der Waals surface area contributed by atoms with E-state index in [1.54, 1.807) is 19.5 Å². The van der Waals surface area contributed by atoms with Gasteiger partial charge in [0.1, 0.15) is 5.75 Å². The minimum absolute atomic E-state index is 0. The third kappa shape index (κ3) is 5.33. The minimum atomic E-state index is -0.116. The summed E-state index contributed by atoms with van der Waals surface area (Å²) in [5, 5.41) is 3.02. The molecule has 5 nitrogen and oxygen atoms in total. The van der Waals surface area contributed by atoms with Gasteiger partial charge in [-0.3, -0.25) is 9.78 Å². The Kier molecular flexibility index (Phi) is 8.16. The molecule has 3 rings (SSSR count). The first-order valence-corrected chi connectivity index (χ1v) is 7.81. The van der Waals surface area contributed by atoms with E-state index >= 15 is 0 Å². The van der Waals surface area contributed by atoms with Gasteiger partial charge in [0.15, 0.2) is 0 Å². The van der Waals surface area contributed by atoms with Gasteiger partial charge >= 0.3 is 0 Å².